The molecule has 0 aromatic rings. The summed E-state index contributed by atoms with van der Waals surface area (Å²) >= 11 is 0. The molecule has 0 N–H and O–H groups in total. The fraction of sp³-hybridized carbons (Fsp3) is 0.940. The largest absolute Gasteiger partial charge is 1.00 e. The van der Waals surface area contributed by atoms with Crippen LogP contribution in [-0.2, 0) is 28.6 Å². The van der Waals surface area contributed by atoms with Crippen LogP contribution in [0.5, 0.6) is 0 Å². The average Bonchev–Trinajstić information content (AvgIpc) is 3.18. The number of nitrogens with zero attached hydrogens (tertiary/aromatic N) is 1. The number of carbonyl (C=O) groups excluding carboxylic acids is 3. The lowest BCUT2D eigenvalue weighted by molar-refractivity contribution is -0.877. The van der Waals surface area contributed by atoms with E-state index < -0.39 is 5.41 Å². The van der Waals surface area contributed by atoms with E-state index in [0.717, 1.165) is 57.8 Å². The Hall–Kier alpha value is -1.34. The van der Waals surface area contributed by atoms with Crippen LogP contribution in [0.3, 0.4) is 0 Å². The Bertz CT molecular complexity index is 884. The Labute approximate surface area is 367 Å². The van der Waals surface area contributed by atoms with E-state index in [-0.39, 0.29) is 50.1 Å². The first-order valence-corrected chi connectivity index (χ1v) is 24.8. The van der Waals surface area contributed by atoms with Crippen LogP contribution in [0.2, 0.25) is 0 Å². The Morgan fingerprint density at radius 2 is 0.534 bits per heavy atom. The summed E-state index contributed by atoms with van der Waals surface area (Å²) in [6, 6.07) is 0. The monoisotopic (exact) mass is 844 g/mol. The van der Waals surface area contributed by atoms with Gasteiger partial charge in [0.15, 0.2) is 0 Å². The van der Waals surface area contributed by atoms with Gasteiger partial charge in [0.25, 0.3) is 0 Å². The van der Waals surface area contributed by atoms with Gasteiger partial charge in [0.2, 0.25) is 0 Å². The third-order valence-electron chi connectivity index (χ3n) is 11.4. The number of hydrogen-bond donors (Lipinski definition) is 0. The molecule has 0 radical (unpaired) electrons. The first-order valence-electron chi connectivity index (χ1n) is 24.8. The summed E-state index contributed by atoms with van der Waals surface area (Å²) in [6.45, 7) is 7.50. The van der Waals surface area contributed by atoms with Gasteiger partial charge in [-0.2, -0.15) is 0 Å². The third-order valence-corrected chi connectivity index (χ3v) is 11.4. The molecule has 58 heavy (non-hydrogen) atoms. The van der Waals surface area contributed by atoms with Crippen LogP contribution in [0.4, 0.5) is 0 Å². The standard InChI is InChI=1S/C50H98NO6.ClH/c1-7-10-13-16-19-22-23-24-25-26-27-30-33-36-39-42-49(54)57-46-50(43-51(4,5)6,44-55-47(52)40-37-34-31-28-20-17-14-11-8-2)45-56-48(53)41-38-35-32-29-21-18-15-12-9-3;/h7-46H2,1-6H3;1H/q+1;/p-1. The van der Waals surface area contributed by atoms with E-state index >= 15 is 0 Å². The van der Waals surface area contributed by atoms with Crippen molar-refractivity contribution in [2.45, 2.75) is 252 Å². The molecular formula is C50H98ClNO6. The predicted octanol–water partition coefficient (Wildman–Crippen LogP) is 11.4. The molecule has 0 fully saturated rings. The minimum Gasteiger partial charge on any atom is -1.00 e. The molecule has 0 saturated heterocycles. The Morgan fingerprint density at radius 1 is 0.345 bits per heavy atom. The van der Waals surface area contributed by atoms with Gasteiger partial charge in [-0.15, -0.1) is 0 Å². The summed E-state index contributed by atoms with van der Waals surface area (Å²) in [7, 11) is 6.21. The molecule has 0 heterocycles. The lowest BCUT2D eigenvalue weighted by Gasteiger charge is -2.38. The van der Waals surface area contributed by atoms with E-state index in [1.54, 1.807) is 0 Å². The van der Waals surface area contributed by atoms with Crippen molar-refractivity contribution in [3.63, 3.8) is 0 Å². The minimum absolute atomic E-state index is 0. The topological polar surface area (TPSA) is 78.9 Å². The molecule has 0 rings (SSSR count). The predicted molar refractivity (Wildman–Crippen MR) is 241 cm³/mol. The summed E-state index contributed by atoms with van der Waals surface area (Å²) in [5.74, 6) is -0.680. The van der Waals surface area contributed by atoms with Gasteiger partial charge in [-0.05, 0) is 19.3 Å². The molecule has 0 aliphatic heterocycles. The van der Waals surface area contributed by atoms with Crippen molar-refractivity contribution in [3.8, 4) is 0 Å². The molecule has 0 saturated carbocycles. The van der Waals surface area contributed by atoms with E-state index in [1.165, 1.54) is 154 Å². The van der Waals surface area contributed by atoms with Crippen LogP contribution in [0.25, 0.3) is 0 Å². The summed E-state index contributed by atoms with van der Waals surface area (Å²) in [5, 5.41) is 0. The van der Waals surface area contributed by atoms with Crippen molar-refractivity contribution in [1.29, 1.82) is 0 Å². The number of carbonyl (C=O) groups is 3. The first kappa shape index (κ1) is 58.8. The number of halogens is 1. The first-order chi connectivity index (χ1) is 27.6. The highest BCUT2D eigenvalue weighted by molar-refractivity contribution is 5.70. The van der Waals surface area contributed by atoms with Crippen molar-refractivity contribution < 1.29 is 45.5 Å². The number of quaternary nitrogens is 1. The van der Waals surface area contributed by atoms with Crippen molar-refractivity contribution in [3.05, 3.63) is 0 Å². The highest BCUT2D eigenvalue weighted by Crippen LogP contribution is 2.25. The Kier molecular flexibility index (Phi) is 42.9. The van der Waals surface area contributed by atoms with Crippen LogP contribution >= 0.6 is 0 Å². The molecule has 0 aliphatic carbocycles. The van der Waals surface area contributed by atoms with E-state index in [1.807, 2.05) is 0 Å². The van der Waals surface area contributed by atoms with Crippen LogP contribution in [0, 0.1) is 5.41 Å². The molecule has 8 heteroatoms. The Morgan fingerprint density at radius 3 is 0.724 bits per heavy atom. The molecule has 0 amide bonds. The third kappa shape index (κ3) is 41.4. The molecule has 0 unspecified atom stereocenters. The van der Waals surface area contributed by atoms with E-state index in [4.69, 9.17) is 14.2 Å². The Balaban J connectivity index is 0. The van der Waals surface area contributed by atoms with Crippen LogP contribution in [0.1, 0.15) is 252 Å². The fourth-order valence-electron chi connectivity index (χ4n) is 7.99. The van der Waals surface area contributed by atoms with Gasteiger partial charge in [0.05, 0.1) is 27.7 Å². The lowest BCUT2D eigenvalue weighted by Crippen LogP contribution is -3.00. The smallest absolute Gasteiger partial charge is 0.305 e. The molecule has 346 valence electrons. The molecular weight excluding hydrogens is 746 g/mol. The van der Waals surface area contributed by atoms with Crippen LogP contribution < -0.4 is 12.4 Å². The fourth-order valence-corrected chi connectivity index (χ4v) is 7.99. The van der Waals surface area contributed by atoms with E-state index in [2.05, 4.69) is 41.9 Å². The molecule has 0 aliphatic rings. The van der Waals surface area contributed by atoms with E-state index in [9.17, 15) is 14.4 Å². The molecule has 0 aromatic heterocycles. The number of hydrogen-bond acceptors (Lipinski definition) is 6. The molecule has 0 aromatic carbocycles. The van der Waals surface area contributed by atoms with Crippen molar-refractivity contribution in [2.24, 2.45) is 5.41 Å². The van der Waals surface area contributed by atoms with Gasteiger partial charge in [-0.25, -0.2) is 0 Å². The van der Waals surface area contributed by atoms with Gasteiger partial charge >= 0.3 is 17.9 Å². The average molecular weight is 845 g/mol. The van der Waals surface area contributed by atoms with Gasteiger partial charge in [-0.3, -0.25) is 14.4 Å². The van der Waals surface area contributed by atoms with Crippen LogP contribution in [-0.4, -0.2) is 69.9 Å². The van der Waals surface area contributed by atoms with Gasteiger partial charge in [0, 0.05) is 19.3 Å². The SMILES string of the molecule is CCCCCCCCCCCCCCCCCC(=O)OCC(COC(=O)CCCCCCCCCCC)(COC(=O)CCCCCCCCCCC)C[N+](C)(C)C.[Cl-]. The summed E-state index contributed by atoms with van der Waals surface area (Å²) < 4.78 is 18.3. The zero-order chi connectivity index (χ0) is 42.1. The second-order valence-corrected chi connectivity index (χ2v) is 18.8. The minimum atomic E-state index is -0.814. The zero-order valence-corrected chi connectivity index (χ0v) is 40.3. The highest BCUT2D eigenvalue weighted by atomic mass is 35.5. The number of ether oxygens (including phenoxy) is 3. The number of rotatable bonds is 44. The van der Waals surface area contributed by atoms with Crippen molar-refractivity contribution in [2.75, 3.05) is 47.5 Å². The second kappa shape index (κ2) is 42.4. The maximum atomic E-state index is 13.0. The normalized spacial score (nSPS) is 11.7. The lowest BCUT2D eigenvalue weighted by atomic mass is 9.89. The van der Waals surface area contributed by atoms with Gasteiger partial charge in [-0.1, -0.05) is 213 Å². The summed E-state index contributed by atoms with van der Waals surface area (Å²) in [4.78, 5) is 39.0. The molecule has 0 atom stereocenters. The molecule has 0 bridgehead atoms. The van der Waals surface area contributed by atoms with Gasteiger partial charge in [0.1, 0.15) is 25.2 Å². The van der Waals surface area contributed by atoms with Crippen LogP contribution in [0.15, 0.2) is 0 Å². The molecule has 0 spiro atoms. The van der Waals surface area contributed by atoms with Crippen molar-refractivity contribution >= 4 is 17.9 Å². The van der Waals surface area contributed by atoms with Crippen molar-refractivity contribution in [1.82, 2.24) is 0 Å². The van der Waals surface area contributed by atoms with Gasteiger partial charge < -0.3 is 31.1 Å². The highest BCUT2D eigenvalue weighted by Gasteiger charge is 2.41. The van der Waals surface area contributed by atoms with E-state index in [0.29, 0.717) is 30.3 Å². The number of unbranched alkanes of at least 4 members (excludes halogenated alkanes) is 30. The number of esters is 3. The molecule has 7 nitrogen and oxygen atoms in total. The maximum Gasteiger partial charge on any atom is 0.305 e. The zero-order valence-electron chi connectivity index (χ0n) is 39.6. The summed E-state index contributed by atoms with van der Waals surface area (Å²) in [6.07, 6.45) is 41.8. The quantitative estimate of drug-likeness (QED) is 0.0263. The summed E-state index contributed by atoms with van der Waals surface area (Å²) in [5.41, 5.74) is -0.814. The maximum absolute atomic E-state index is 13.0. The second-order valence-electron chi connectivity index (χ2n) is 18.8.